The second-order valence-electron chi connectivity index (χ2n) is 12.1. The number of rotatable bonds is 12. The number of carboxylic acids is 1. The quantitative estimate of drug-likeness (QED) is 0.265. The van der Waals surface area contributed by atoms with Gasteiger partial charge in [-0.1, -0.05) is 37.6 Å². The maximum Gasteiger partial charge on any atom is 0.305 e. The van der Waals surface area contributed by atoms with Crippen molar-refractivity contribution in [3.63, 3.8) is 0 Å². The zero-order valence-electron chi connectivity index (χ0n) is 25.7. The number of alkyl halides is 1. The lowest BCUT2D eigenvalue weighted by Crippen LogP contribution is -2.49. The van der Waals surface area contributed by atoms with Crippen LogP contribution in [0.25, 0.3) is 11.1 Å². The first-order valence-electron chi connectivity index (χ1n) is 14.8. The summed E-state index contributed by atoms with van der Waals surface area (Å²) in [6.45, 7) is 10.1. The minimum absolute atomic E-state index is 0.00400. The smallest absolute Gasteiger partial charge is 0.305 e. The molecule has 44 heavy (non-hydrogen) atoms. The summed E-state index contributed by atoms with van der Waals surface area (Å²) < 4.78 is 30.1. The molecule has 11 heteroatoms. The highest BCUT2D eigenvalue weighted by molar-refractivity contribution is 6.33. The van der Waals surface area contributed by atoms with Crippen LogP contribution in [-0.2, 0) is 16.0 Å². The maximum absolute atomic E-state index is 15.7. The van der Waals surface area contributed by atoms with Crippen molar-refractivity contribution in [1.29, 1.82) is 0 Å². The van der Waals surface area contributed by atoms with Crippen molar-refractivity contribution in [1.82, 2.24) is 20.0 Å². The number of carboxylic acid groups (broad SMARTS) is 1. The van der Waals surface area contributed by atoms with Gasteiger partial charge >= 0.3 is 5.97 Å². The van der Waals surface area contributed by atoms with E-state index in [1.165, 1.54) is 6.07 Å². The van der Waals surface area contributed by atoms with Crippen LogP contribution >= 0.6 is 11.6 Å². The molecule has 0 aliphatic carbocycles. The monoisotopic (exact) mass is 628 g/mol. The van der Waals surface area contributed by atoms with Crippen molar-refractivity contribution in [2.75, 3.05) is 19.6 Å². The van der Waals surface area contributed by atoms with Crippen LogP contribution in [0.3, 0.4) is 0 Å². The molecule has 0 unspecified atom stereocenters. The first kappa shape index (κ1) is 33.3. The average Bonchev–Trinajstić information content (AvgIpc) is 2.92. The molecule has 2 heterocycles. The van der Waals surface area contributed by atoms with E-state index in [0.717, 1.165) is 10.2 Å². The van der Waals surface area contributed by atoms with Crippen molar-refractivity contribution in [2.24, 2.45) is 5.92 Å². The molecule has 1 amide bonds. The lowest BCUT2D eigenvalue weighted by molar-refractivity contribution is -0.138. The number of likely N-dealkylation sites (tertiary alicyclic amines) is 1. The van der Waals surface area contributed by atoms with Gasteiger partial charge in [0, 0.05) is 47.8 Å². The van der Waals surface area contributed by atoms with Crippen LogP contribution in [-0.4, -0.2) is 57.5 Å². The standard InChI is InChI=1S/C33H39ClF2N4O4/c1-18(2)11-28(40-33(44)21(5)13-24(38-40)9-10-39-16-23(35)17-39)32(43)37-27(15-29(41)42)25-14-22(12-20(4)31(25)36)30-19(3)7-6-8-26(30)34/h6-8,12-14,18,23,27-28H,9-11,15-17H2,1-5H3,(H,37,43)(H,41,42)/t27-,28-/m0/s1. The number of benzene rings is 2. The molecule has 0 saturated carbocycles. The van der Waals surface area contributed by atoms with Gasteiger partial charge in [0.15, 0.2) is 0 Å². The van der Waals surface area contributed by atoms with Gasteiger partial charge < -0.3 is 10.4 Å². The Kier molecular flexibility index (Phi) is 10.6. The third-order valence-electron chi connectivity index (χ3n) is 7.92. The van der Waals surface area contributed by atoms with Crippen LogP contribution in [0, 0.1) is 32.5 Å². The molecular weight excluding hydrogens is 590 g/mol. The fraction of sp³-hybridized carbons (Fsp3) is 0.455. The predicted molar refractivity (Wildman–Crippen MR) is 166 cm³/mol. The Bertz CT molecular complexity index is 1580. The number of aliphatic carboxylic acids is 1. The molecular formula is C33H39ClF2N4O4. The van der Waals surface area contributed by atoms with E-state index < -0.39 is 47.9 Å². The molecule has 1 aliphatic heterocycles. The average molecular weight is 629 g/mol. The van der Waals surface area contributed by atoms with Gasteiger partial charge in [-0.05, 0) is 74.1 Å². The van der Waals surface area contributed by atoms with Gasteiger partial charge in [0.2, 0.25) is 5.91 Å². The highest BCUT2D eigenvalue weighted by Gasteiger charge is 2.31. The van der Waals surface area contributed by atoms with E-state index in [2.05, 4.69) is 10.4 Å². The Hall–Kier alpha value is -3.63. The van der Waals surface area contributed by atoms with E-state index in [9.17, 15) is 23.9 Å². The Labute approximate surface area is 261 Å². The number of hydrogen-bond acceptors (Lipinski definition) is 5. The predicted octanol–water partition coefficient (Wildman–Crippen LogP) is 5.74. The Morgan fingerprint density at radius 1 is 1.11 bits per heavy atom. The van der Waals surface area contributed by atoms with Crippen LogP contribution in [0.5, 0.6) is 0 Å². The molecule has 0 bridgehead atoms. The summed E-state index contributed by atoms with van der Waals surface area (Å²) in [7, 11) is 0. The minimum Gasteiger partial charge on any atom is -0.481 e. The molecule has 8 nitrogen and oxygen atoms in total. The Morgan fingerprint density at radius 3 is 2.43 bits per heavy atom. The highest BCUT2D eigenvalue weighted by atomic mass is 35.5. The Morgan fingerprint density at radius 2 is 1.82 bits per heavy atom. The molecule has 0 radical (unpaired) electrons. The summed E-state index contributed by atoms with van der Waals surface area (Å²) in [5.74, 6) is -2.55. The third-order valence-corrected chi connectivity index (χ3v) is 8.23. The van der Waals surface area contributed by atoms with Gasteiger partial charge in [-0.3, -0.25) is 19.3 Å². The highest BCUT2D eigenvalue weighted by Crippen LogP contribution is 2.35. The SMILES string of the molecule is Cc1cc(-c2c(C)cccc2Cl)cc([C@H](CC(=O)O)NC(=O)[C@H](CC(C)C)n2nc(CCN3CC(F)C3)cc(C)c2=O)c1F. The van der Waals surface area contributed by atoms with E-state index in [0.29, 0.717) is 53.5 Å². The van der Waals surface area contributed by atoms with Gasteiger partial charge in [-0.2, -0.15) is 5.10 Å². The fourth-order valence-electron chi connectivity index (χ4n) is 5.64. The van der Waals surface area contributed by atoms with Crippen LogP contribution < -0.4 is 10.9 Å². The van der Waals surface area contributed by atoms with Crippen LogP contribution in [0.15, 0.2) is 41.2 Å². The van der Waals surface area contributed by atoms with Crippen molar-refractivity contribution < 1.29 is 23.5 Å². The van der Waals surface area contributed by atoms with Crippen LogP contribution in [0.2, 0.25) is 5.02 Å². The van der Waals surface area contributed by atoms with Gasteiger partial charge in [-0.15, -0.1) is 0 Å². The Balaban J connectivity index is 1.71. The second kappa shape index (κ2) is 14.0. The number of aryl methyl sites for hydroxylation is 3. The van der Waals surface area contributed by atoms with E-state index in [4.69, 9.17) is 11.6 Å². The van der Waals surface area contributed by atoms with E-state index in [-0.39, 0.29) is 23.5 Å². The van der Waals surface area contributed by atoms with Gasteiger partial charge in [0.25, 0.3) is 5.56 Å². The number of carbonyl (C=O) groups is 2. The van der Waals surface area contributed by atoms with Crippen molar-refractivity contribution in [2.45, 2.75) is 72.1 Å². The van der Waals surface area contributed by atoms with Gasteiger partial charge in [0.1, 0.15) is 18.0 Å². The summed E-state index contributed by atoms with van der Waals surface area (Å²) in [6, 6.07) is 7.91. The van der Waals surface area contributed by atoms with Crippen LogP contribution in [0.4, 0.5) is 8.78 Å². The molecule has 1 aromatic heterocycles. The van der Waals surface area contributed by atoms with E-state index in [1.54, 1.807) is 38.1 Å². The summed E-state index contributed by atoms with van der Waals surface area (Å²) in [6.07, 6.45) is -0.727. The van der Waals surface area contributed by atoms with Crippen molar-refractivity contribution in [3.8, 4) is 11.1 Å². The largest absolute Gasteiger partial charge is 0.481 e. The molecule has 2 aromatic carbocycles. The topological polar surface area (TPSA) is 105 Å². The number of nitrogens with one attached hydrogen (secondary N) is 1. The summed E-state index contributed by atoms with van der Waals surface area (Å²) in [5, 5.41) is 17.5. The first-order valence-corrected chi connectivity index (χ1v) is 15.2. The lowest BCUT2D eigenvalue weighted by atomic mass is 9.92. The summed E-state index contributed by atoms with van der Waals surface area (Å²) in [5.41, 5.74) is 2.92. The number of nitrogens with zero attached hydrogens (tertiary/aromatic N) is 3. The first-order chi connectivity index (χ1) is 20.7. The normalized spacial score (nSPS) is 15.2. The number of aromatic nitrogens is 2. The molecule has 1 aliphatic rings. The molecule has 4 rings (SSSR count). The molecule has 2 atom stereocenters. The zero-order valence-corrected chi connectivity index (χ0v) is 26.4. The minimum atomic E-state index is -1.24. The molecule has 2 N–H and O–H groups in total. The number of carbonyl (C=O) groups excluding carboxylic acids is 1. The lowest BCUT2D eigenvalue weighted by Gasteiger charge is -2.34. The molecule has 236 valence electrons. The second-order valence-corrected chi connectivity index (χ2v) is 12.5. The summed E-state index contributed by atoms with van der Waals surface area (Å²) in [4.78, 5) is 41.1. The van der Waals surface area contributed by atoms with Crippen molar-refractivity contribution in [3.05, 3.63) is 85.5 Å². The van der Waals surface area contributed by atoms with Gasteiger partial charge in [0.05, 0.1) is 18.2 Å². The van der Waals surface area contributed by atoms with Crippen LogP contribution in [0.1, 0.15) is 66.7 Å². The molecule has 0 spiro atoms. The van der Waals surface area contributed by atoms with E-state index in [1.807, 2.05) is 31.7 Å². The van der Waals surface area contributed by atoms with Crippen molar-refractivity contribution >= 4 is 23.5 Å². The number of halogens is 3. The number of hydrogen-bond donors (Lipinski definition) is 2. The molecule has 3 aromatic rings. The third kappa shape index (κ3) is 7.71. The van der Waals surface area contributed by atoms with Gasteiger partial charge in [-0.25, -0.2) is 13.5 Å². The van der Waals surface area contributed by atoms with E-state index >= 15 is 4.39 Å². The maximum atomic E-state index is 15.7. The fourth-order valence-corrected chi connectivity index (χ4v) is 5.97. The zero-order chi connectivity index (χ0) is 32.3. The number of amides is 1. The summed E-state index contributed by atoms with van der Waals surface area (Å²) >= 11 is 6.50. The molecule has 1 saturated heterocycles. The molecule has 1 fully saturated rings.